The third-order valence-corrected chi connectivity index (χ3v) is 4.97. The zero-order valence-electron chi connectivity index (χ0n) is 12.4. The monoisotopic (exact) mass is 354 g/mol. The Balaban J connectivity index is 1.97. The van der Waals surface area contributed by atoms with Crippen molar-refractivity contribution in [3.63, 3.8) is 0 Å². The Hall–Kier alpha value is -0.910. The second-order valence-corrected chi connectivity index (χ2v) is 6.44. The Morgan fingerprint density at radius 2 is 2.10 bits per heavy atom. The summed E-state index contributed by atoms with van der Waals surface area (Å²) in [7, 11) is 0. The molecule has 0 saturated carbocycles. The average Bonchev–Trinajstić information content (AvgIpc) is 2.50. The van der Waals surface area contributed by atoms with Gasteiger partial charge in [-0.25, -0.2) is 0 Å². The lowest BCUT2D eigenvalue weighted by Crippen LogP contribution is -2.47. The van der Waals surface area contributed by atoms with Crippen molar-refractivity contribution in [2.24, 2.45) is 0 Å². The molecule has 0 radical (unpaired) electrons. The van der Waals surface area contributed by atoms with E-state index in [1.807, 2.05) is 19.1 Å². The summed E-state index contributed by atoms with van der Waals surface area (Å²) in [6.45, 7) is 4.75. The molecule has 0 aromatic heterocycles. The summed E-state index contributed by atoms with van der Waals surface area (Å²) in [6.07, 6.45) is 3.69. The van der Waals surface area contributed by atoms with E-state index in [2.05, 4.69) is 26.1 Å². The first-order valence-electron chi connectivity index (χ1n) is 7.51. The number of halogens is 1. The van der Waals surface area contributed by atoms with Crippen molar-refractivity contribution in [1.29, 1.82) is 0 Å². The molecule has 21 heavy (non-hydrogen) atoms. The number of aliphatic hydroxyl groups is 1. The van der Waals surface area contributed by atoms with Crippen LogP contribution in [0.3, 0.4) is 0 Å². The zero-order valence-corrected chi connectivity index (χ0v) is 14.0. The van der Waals surface area contributed by atoms with Crippen molar-refractivity contribution < 1.29 is 9.90 Å². The summed E-state index contributed by atoms with van der Waals surface area (Å²) >= 11 is 3.46. The zero-order chi connectivity index (χ0) is 15.2. The van der Waals surface area contributed by atoms with Crippen LogP contribution in [0.1, 0.15) is 35.2 Å². The summed E-state index contributed by atoms with van der Waals surface area (Å²) in [4.78, 5) is 14.7. The number of piperidine rings is 1. The molecular formula is C16H23BrN2O2. The van der Waals surface area contributed by atoms with Gasteiger partial charge in [0.25, 0.3) is 5.91 Å². The van der Waals surface area contributed by atoms with Gasteiger partial charge in [-0.15, -0.1) is 0 Å². The van der Waals surface area contributed by atoms with Crippen LogP contribution in [0.5, 0.6) is 0 Å². The van der Waals surface area contributed by atoms with Crippen molar-refractivity contribution in [3.05, 3.63) is 33.8 Å². The van der Waals surface area contributed by atoms with E-state index in [9.17, 15) is 9.90 Å². The van der Waals surface area contributed by atoms with Gasteiger partial charge in [0.15, 0.2) is 0 Å². The van der Waals surface area contributed by atoms with Gasteiger partial charge in [0, 0.05) is 11.0 Å². The lowest BCUT2D eigenvalue weighted by molar-refractivity contribution is 0.0885. The summed E-state index contributed by atoms with van der Waals surface area (Å²) in [6, 6.07) is 5.40. The first-order chi connectivity index (χ1) is 10.1. The van der Waals surface area contributed by atoms with E-state index in [1.54, 1.807) is 6.07 Å². The Morgan fingerprint density at radius 1 is 1.38 bits per heavy atom. The number of likely N-dealkylation sites (tertiary alicyclic amines) is 1. The molecule has 1 saturated heterocycles. The van der Waals surface area contributed by atoms with Crippen LogP contribution >= 0.6 is 15.9 Å². The number of amides is 1. The number of hydrogen-bond acceptors (Lipinski definition) is 3. The molecule has 1 aliphatic heterocycles. The fourth-order valence-electron chi connectivity index (χ4n) is 2.69. The van der Waals surface area contributed by atoms with Crippen LogP contribution in [0, 0.1) is 6.92 Å². The van der Waals surface area contributed by atoms with E-state index in [0.29, 0.717) is 12.1 Å². The van der Waals surface area contributed by atoms with Crippen LogP contribution in [0.2, 0.25) is 0 Å². The molecule has 4 nitrogen and oxygen atoms in total. The number of rotatable bonds is 5. The molecular weight excluding hydrogens is 332 g/mol. The van der Waals surface area contributed by atoms with Gasteiger partial charge in [0.2, 0.25) is 0 Å². The van der Waals surface area contributed by atoms with Crippen LogP contribution in [0.4, 0.5) is 0 Å². The molecule has 1 aliphatic rings. The van der Waals surface area contributed by atoms with Gasteiger partial charge >= 0.3 is 0 Å². The first kappa shape index (κ1) is 16.5. The molecule has 1 fully saturated rings. The molecule has 1 unspecified atom stereocenters. The quantitative estimate of drug-likeness (QED) is 0.853. The van der Waals surface area contributed by atoms with Gasteiger partial charge in [0.1, 0.15) is 0 Å². The summed E-state index contributed by atoms with van der Waals surface area (Å²) < 4.78 is 0.817. The molecule has 0 bridgehead atoms. The van der Waals surface area contributed by atoms with E-state index in [1.165, 1.54) is 19.3 Å². The second kappa shape index (κ2) is 7.92. The minimum absolute atomic E-state index is 0.0360. The van der Waals surface area contributed by atoms with Crippen LogP contribution < -0.4 is 5.32 Å². The molecule has 1 aromatic rings. The largest absolute Gasteiger partial charge is 0.394 e. The molecule has 0 spiro atoms. The number of carbonyl (C=O) groups is 1. The predicted molar refractivity (Wildman–Crippen MR) is 87.5 cm³/mol. The Kier molecular flexibility index (Phi) is 6.21. The predicted octanol–water partition coefficient (Wildman–Crippen LogP) is 2.33. The topological polar surface area (TPSA) is 52.6 Å². The first-order valence-corrected chi connectivity index (χ1v) is 8.30. The summed E-state index contributed by atoms with van der Waals surface area (Å²) in [5, 5.41) is 12.5. The molecule has 1 atom stereocenters. The fourth-order valence-corrected chi connectivity index (χ4v) is 3.13. The molecule has 1 heterocycles. The van der Waals surface area contributed by atoms with Crippen molar-refractivity contribution in [2.75, 3.05) is 26.2 Å². The number of hydrogen-bond donors (Lipinski definition) is 2. The highest BCUT2D eigenvalue weighted by Crippen LogP contribution is 2.21. The molecule has 1 aromatic carbocycles. The lowest BCUT2D eigenvalue weighted by Gasteiger charge is -2.30. The Labute approximate surface area is 134 Å². The maximum Gasteiger partial charge on any atom is 0.252 e. The maximum absolute atomic E-state index is 12.4. The van der Waals surface area contributed by atoms with E-state index in [0.717, 1.165) is 23.1 Å². The van der Waals surface area contributed by atoms with Crippen LogP contribution in [-0.4, -0.2) is 48.2 Å². The third-order valence-electron chi connectivity index (χ3n) is 3.92. The number of aryl methyl sites for hydroxylation is 1. The van der Waals surface area contributed by atoms with Gasteiger partial charge in [0.05, 0.1) is 18.2 Å². The smallest absolute Gasteiger partial charge is 0.252 e. The highest BCUT2D eigenvalue weighted by atomic mass is 79.9. The highest BCUT2D eigenvalue weighted by Gasteiger charge is 2.19. The van der Waals surface area contributed by atoms with Crippen molar-refractivity contribution in [3.8, 4) is 0 Å². The highest BCUT2D eigenvalue weighted by molar-refractivity contribution is 9.10. The normalized spacial score (nSPS) is 17.5. The molecule has 2 N–H and O–H groups in total. The molecule has 0 aliphatic carbocycles. The minimum atomic E-state index is -0.219. The van der Waals surface area contributed by atoms with Gasteiger partial charge in [-0.3, -0.25) is 4.79 Å². The standard InChI is InChI=1S/C16H23BrN2O2/c1-12-6-5-7-14(15(12)17)16(21)18-13(11-20)10-19-8-3-2-4-9-19/h5-7,13,20H,2-4,8-11H2,1H3,(H,18,21). The molecule has 2 rings (SSSR count). The number of carbonyl (C=O) groups excluding carboxylic acids is 1. The molecule has 5 heteroatoms. The second-order valence-electron chi connectivity index (χ2n) is 5.65. The number of aliphatic hydroxyl groups excluding tert-OH is 1. The molecule has 116 valence electrons. The van der Waals surface area contributed by atoms with E-state index < -0.39 is 0 Å². The van der Waals surface area contributed by atoms with Crippen LogP contribution in [0.15, 0.2) is 22.7 Å². The fraction of sp³-hybridized carbons (Fsp3) is 0.562. The maximum atomic E-state index is 12.4. The minimum Gasteiger partial charge on any atom is -0.394 e. The van der Waals surface area contributed by atoms with Crippen LogP contribution in [0.25, 0.3) is 0 Å². The van der Waals surface area contributed by atoms with Gasteiger partial charge < -0.3 is 15.3 Å². The summed E-state index contributed by atoms with van der Waals surface area (Å²) in [5.41, 5.74) is 1.64. The van der Waals surface area contributed by atoms with E-state index in [4.69, 9.17) is 0 Å². The number of nitrogens with one attached hydrogen (secondary N) is 1. The van der Waals surface area contributed by atoms with E-state index in [-0.39, 0.29) is 18.6 Å². The SMILES string of the molecule is Cc1cccc(C(=O)NC(CO)CN2CCCCC2)c1Br. The average molecular weight is 355 g/mol. The van der Waals surface area contributed by atoms with Crippen molar-refractivity contribution in [2.45, 2.75) is 32.2 Å². The number of nitrogens with zero attached hydrogens (tertiary/aromatic N) is 1. The molecule has 1 amide bonds. The van der Waals surface area contributed by atoms with Crippen molar-refractivity contribution in [1.82, 2.24) is 10.2 Å². The van der Waals surface area contributed by atoms with Crippen LogP contribution in [-0.2, 0) is 0 Å². The van der Waals surface area contributed by atoms with Gasteiger partial charge in [-0.05, 0) is 60.4 Å². The third kappa shape index (κ3) is 4.53. The van der Waals surface area contributed by atoms with Crippen molar-refractivity contribution >= 4 is 21.8 Å². The lowest BCUT2D eigenvalue weighted by atomic mass is 10.1. The van der Waals surface area contributed by atoms with Gasteiger partial charge in [-0.2, -0.15) is 0 Å². The number of benzene rings is 1. The Morgan fingerprint density at radius 3 is 2.76 bits per heavy atom. The van der Waals surface area contributed by atoms with E-state index >= 15 is 0 Å². The Bertz CT molecular complexity index is 487. The summed E-state index contributed by atoms with van der Waals surface area (Å²) in [5.74, 6) is -0.137. The van der Waals surface area contributed by atoms with Gasteiger partial charge in [-0.1, -0.05) is 18.6 Å².